The van der Waals surface area contributed by atoms with E-state index in [1.165, 1.54) is 42.2 Å². The lowest BCUT2D eigenvalue weighted by Gasteiger charge is -2.37. The molecule has 0 aliphatic carbocycles. The van der Waals surface area contributed by atoms with E-state index in [9.17, 15) is 13.2 Å². The summed E-state index contributed by atoms with van der Waals surface area (Å²) in [5.41, 5.74) is 3.10. The highest BCUT2D eigenvalue weighted by Crippen LogP contribution is 2.35. The van der Waals surface area contributed by atoms with Gasteiger partial charge in [0.1, 0.15) is 5.75 Å². The number of unbranched alkanes of at least 4 members (excludes halogenated alkanes) is 1. The molecule has 6 rings (SSSR count). The number of fused-ring (bicyclic) bond motifs is 2. The summed E-state index contributed by atoms with van der Waals surface area (Å²) in [5.74, 6) is 0.781. The SMILES string of the molecule is O=C(NCCCCN1CCN(c2cccc3c2OCCCC3)CC1)c1cn(S(=O)(=O)c2ccccc2)c2ncccc12. The van der Waals surface area contributed by atoms with Crippen molar-refractivity contribution in [3.63, 3.8) is 0 Å². The molecule has 10 heteroatoms. The number of rotatable bonds is 9. The number of carbonyl (C=O) groups excluding carboxylic acids is 1. The van der Waals surface area contributed by atoms with Crippen molar-refractivity contribution >= 4 is 32.7 Å². The molecule has 1 amide bonds. The van der Waals surface area contributed by atoms with Crippen LogP contribution in [0.3, 0.4) is 0 Å². The van der Waals surface area contributed by atoms with E-state index in [-0.39, 0.29) is 16.4 Å². The first kappa shape index (κ1) is 28.2. The number of pyridine rings is 1. The van der Waals surface area contributed by atoms with Crippen molar-refractivity contribution in [2.45, 2.75) is 37.0 Å². The van der Waals surface area contributed by atoms with E-state index < -0.39 is 10.0 Å². The molecule has 0 saturated carbocycles. The van der Waals surface area contributed by atoms with Crippen molar-refractivity contribution in [1.29, 1.82) is 0 Å². The van der Waals surface area contributed by atoms with Gasteiger partial charge in [0.2, 0.25) is 0 Å². The molecule has 0 atom stereocenters. The lowest BCUT2D eigenvalue weighted by molar-refractivity contribution is 0.0954. The van der Waals surface area contributed by atoms with Crippen LogP contribution in [0.25, 0.3) is 11.0 Å². The molecule has 4 aromatic rings. The Labute approximate surface area is 247 Å². The van der Waals surface area contributed by atoms with Crippen LogP contribution in [0.5, 0.6) is 5.75 Å². The van der Waals surface area contributed by atoms with Gasteiger partial charge in [-0.1, -0.05) is 30.3 Å². The number of para-hydroxylation sites is 1. The maximum atomic E-state index is 13.3. The molecular weight excluding hydrogens is 550 g/mol. The van der Waals surface area contributed by atoms with Crippen molar-refractivity contribution in [2.75, 3.05) is 50.8 Å². The van der Waals surface area contributed by atoms with E-state index in [4.69, 9.17) is 4.74 Å². The lowest BCUT2D eigenvalue weighted by Crippen LogP contribution is -2.46. The highest BCUT2D eigenvalue weighted by Gasteiger charge is 2.25. The van der Waals surface area contributed by atoms with E-state index >= 15 is 0 Å². The Kier molecular flexibility index (Phi) is 8.43. The molecule has 9 nitrogen and oxygen atoms in total. The Bertz CT molecular complexity index is 1650. The summed E-state index contributed by atoms with van der Waals surface area (Å²) in [4.78, 5) is 22.5. The highest BCUT2D eigenvalue weighted by molar-refractivity contribution is 7.90. The molecule has 1 fully saturated rings. The zero-order valence-corrected chi connectivity index (χ0v) is 24.6. The fraction of sp³-hybridized carbons (Fsp3) is 0.375. The average Bonchev–Trinajstić information content (AvgIpc) is 3.26. The molecule has 1 N–H and O–H groups in total. The zero-order valence-electron chi connectivity index (χ0n) is 23.7. The molecule has 2 aliphatic heterocycles. The van der Waals surface area contributed by atoms with E-state index in [2.05, 4.69) is 38.3 Å². The first-order chi connectivity index (χ1) is 20.5. The van der Waals surface area contributed by atoms with Gasteiger partial charge in [0.25, 0.3) is 15.9 Å². The van der Waals surface area contributed by atoms with Crippen LogP contribution in [0.2, 0.25) is 0 Å². The lowest BCUT2D eigenvalue weighted by atomic mass is 10.1. The van der Waals surface area contributed by atoms with E-state index in [1.807, 2.05) is 0 Å². The highest BCUT2D eigenvalue weighted by atomic mass is 32.2. The smallest absolute Gasteiger partial charge is 0.269 e. The van der Waals surface area contributed by atoms with Gasteiger partial charge in [-0.2, -0.15) is 0 Å². The van der Waals surface area contributed by atoms with Crippen LogP contribution in [0.4, 0.5) is 5.69 Å². The summed E-state index contributed by atoms with van der Waals surface area (Å²) in [7, 11) is -3.89. The molecule has 42 heavy (non-hydrogen) atoms. The molecular formula is C32H37N5O4S. The fourth-order valence-corrected chi connectivity index (χ4v) is 7.19. The van der Waals surface area contributed by atoms with Crippen molar-refractivity contribution in [2.24, 2.45) is 0 Å². The number of hydrogen-bond acceptors (Lipinski definition) is 7. The zero-order chi connectivity index (χ0) is 28.9. The number of piperazine rings is 1. The van der Waals surface area contributed by atoms with Gasteiger partial charge in [-0.25, -0.2) is 17.4 Å². The number of nitrogens with zero attached hydrogens (tertiary/aromatic N) is 4. The average molecular weight is 588 g/mol. The van der Waals surface area contributed by atoms with Gasteiger partial charge in [0, 0.05) is 50.5 Å². The molecule has 0 spiro atoms. The van der Waals surface area contributed by atoms with Crippen LogP contribution in [0, 0.1) is 0 Å². The predicted octanol–water partition coefficient (Wildman–Crippen LogP) is 4.32. The first-order valence-electron chi connectivity index (χ1n) is 14.8. The third kappa shape index (κ3) is 5.87. The Hall–Kier alpha value is -3.89. The van der Waals surface area contributed by atoms with Gasteiger partial charge in [0.15, 0.2) is 5.65 Å². The third-order valence-corrected chi connectivity index (χ3v) is 9.80. The Morgan fingerprint density at radius 1 is 0.929 bits per heavy atom. The molecule has 2 aromatic heterocycles. The number of anilines is 1. The standard InChI is InChI=1S/C32H37N5O4S/c38-32(28-24-37(31-27(28)14-9-17-33-31)42(39,40)26-12-2-1-3-13-26)34-16-5-6-18-35-19-21-36(22-20-35)29-15-8-11-25-10-4-7-23-41-30(25)29/h1-3,8-9,11-15,17,24H,4-7,10,16,18-23H2,(H,34,38). The van der Waals surface area contributed by atoms with Crippen molar-refractivity contribution < 1.29 is 17.9 Å². The molecule has 220 valence electrons. The summed E-state index contributed by atoms with van der Waals surface area (Å²) in [6.45, 7) is 6.24. The molecule has 2 aromatic carbocycles. The number of nitrogens with one attached hydrogen (secondary N) is 1. The van der Waals surface area contributed by atoms with Crippen molar-refractivity contribution in [3.8, 4) is 5.75 Å². The third-order valence-electron chi connectivity index (χ3n) is 8.14. The number of aryl methyl sites for hydroxylation is 1. The predicted molar refractivity (Wildman–Crippen MR) is 164 cm³/mol. The summed E-state index contributed by atoms with van der Waals surface area (Å²) in [6.07, 6.45) is 8.10. The fourth-order valence-electron chi connectivity index (χ4n) is 5.85. The minimum absolute atomic E-state index is 0.146. The van der Waals surface area contributed by atoms with E-state index in [1.54, 1.807) is 30.3 Å². The second kappa shape index (κ2) is 12.5. The maximum Gasteiger partial charge on any atom is 0.269 e. The molecule has 0 bridgehead atoms. The van der Waals surface area contributed by atoms with Crippen LogP contribution in [-0.4, -0.2) is 74.1 Å². The van der Waals surface area contributed by atoms with E-state index in [0.29, 0.717) is 17.5 Å². The molecule has 2 aliphatic rings. The van der Waals surface area contributed by atoms with Crippen LogP contribution >= 0.6 is 0 Å². The van der Waals surface area contributed by atoms with E-state index in [0.717, 1.165) is 74.7 Å². The van der Waals surface area contributed by atoms with Gasteiger partial charge in [-0.15, -0.1) is 0 Å². The number of benzene rings is 2. The van der Waals surface area contributed by atoms with Crippen LogP contribution in [0.15, 0.2) is 78.0 Å². The Balaban J connectivity index is 1.00. The summed E-state index contributed by atoms with van der Waals surface area (Å²) >= 11 is 0. The number of ether oxygens (including phenoxy) is 1. The Morgan fingerprint density at radius 2 is 1.76 bits per heavy atom. The van der Waals surface area contributed by atoms with Crippen LogP contribution in [-0.2, 0) is 16.4 Å². The van der Waals surface area contributed by atoms with Gasteiger partial charge in [0.05, 0.1) is 22.8 Å². The molecule has 1 saturated heterocycles. The molecule has 0 unspecified atom stereocenters. The number of aromatic nitrogens is 2. The van der Waals surface area contributed by atoms with Gasteiger partial charge < -0.3 is 15.0 Å². The van der Waals surface area contributed by atoms with Crippen LogP contribution < -0.4 is 15.0 Å². The second-order valence-corrected chi connectivity index (χ2v) is 12.7. The number of hydrogen-bond donors (Lipinski definition) is 1. The van der Waals surface area contributed by atoms with Gasteiger partial charge >= 0.3 is 0 Å². The number of carbonyl (C=O) groups is 1. The minimum atomic E-state index is -3.89. The molecule has 0 radical (unpaired) electrons. The Morgan fingerprint density at radius 3 is 2.60 bits per heavy atom. The van der Waals surface area contributed by atoms with Crippen LogP contribution in [0.1, 0.15) is 41.6 Å². The maximum absolute atomic E-state index is 13.3. The first-order valence-corrected chi connectivity index (χ1v) is 16.2. The summed E-state index contributed by atoms with van der Waals surface area (Å²) in [6, 6.07) is 18.1. The monoisotopic (exact) mass is 587 g/mol. The van der Waals surface area contributed by atoms with Gasteiger partial charge in [-0.3, -0.25) is 9.69 Å². The topological polar surface area (TPSA) is 96.8 Å². The largest absolute Gasteiger partial charge is 0.491 e. The minimum Gasteiger partial charge on any atom is -0.491 e. The normalized spacial score (nSPS) is 16.0. The number of amides is 1. The van der Waals surface area contributed by atoms with Crippen molar-refractivity contribution in [3.05, 3.63) is 84.2 Å². The molecule has 4 heterocycles. The quantitative estimate of drug-likeness (QED) is 0.292. The van der Waals surface area contributed by atoms with Gasteiger partial charge in [-0.05, 0) is 74.5 Å². The second-order valence-electron chi connectivity index (χ2n) is 10.9. The summed E-state index contributed by atoms with van der Waals surface area (Å²) < 4.78 is 33.8. The van der Waals surface area contributed by atoms with Crippen molar-refractivity contribution in [1.82, 2.24) is 19.2 Å². The summed E-state index contributed by atoms with van der Waals surface area (Å²) in [5, 5.41) is 3.49.